The molecule has 2 rings (SSSR count). The Labute approximate surface area is 117 Å². The van der Waals surface area contributed by atoms with Gasteiger partial charge in [-0.1, -0.05) is 0 Å². The average molecular weight is 301 g/mol. The molecule has 1 N–H and O–H groups in total. The van der Waals surface area contributed by atoms with E-state index in [9.17, 15) is 4.21 Å². The molecule has 2 heterocycles. The van der Waals surface area contributed by atoms with Crippen molar-refractivity contribution in [1.82, 2.24) is 24.7 Å². The molecule has 0 aliphatic carbocycles. The Morgan fingerprint density at radius 2 is 2.26 bits per heavy atom. The Bertz CT molecular complexity index is 575. The van der Waals surface area contributed by atoms with Gasteiger partial charge in [-0.25, -0.2) is 4.68 Å². The molecule has 102 valence electrons. The van der Waals surface area contributed by atoms with Crippen LogP contribution in [-0.2, 0) is 10.8 Å². The predicted molar refractivity (Wildman–Crippen MR) is 74.0 cm³/mol. The molecule has 0 saturated carbocycles. The van der Waals surface area contributed by atoms with Crippen LogP contribution < -0.4 is 5.32 Å². The van der Waals surface area contributed by atoms with Gasteiger partial charge in [-0.05, 0) is 24.6 Å². The number of aromatic nitrogens is 5. The van der Waals surface area contributed by atoms with Crippen molar-refractivity contribution in [2.75, 3.05) is 17.3 Å². The molecule has 0 fully saturated rings. The highest BCUT2D eigenvalue weighted by Gasteiger charge is 2.10. The fourth-order valence-electron chi connectivity index (χ4n) is 1.51. The van der Waals surface area contributed by atoms with Crippen LogP contribution in [0.4, 0.5) is 5.95 Å². The molecule has 9 heteroatoms. The van der Waals surface area contributed by atoms with Crippen molar-refractivity contribution < 1.29 is 4.21 Å². The highest BCUT2D eigenvalue weighted by atomic mass is 35.5. The summed E-state index contributed by atoms with van der Waals surface area (Å²) in [7, 11) is -0.894. The van der Waals surface area contributed by atoms with Gasteiger partial charge in [-0.15, -0.1) is 0 Å². The van der Waals surface area contributed by atoms with E-state index in [-0.39, 0.29) is 11.3 Å². The molecule has 0 aromatic carbocycles. The van der Waals surface area contributed by atoms with Gasteiger partial charge in [0.2, 0.25) is 11.2 Å². The molecule has 0 aliphatic rings. The zero-order valence-corrected chi connectivity index (χ0v) is 12.0. The summed E-state index contributed by atoms with van der Waals surface area (Å²) in [6.45, 7) is 1.90. The summed E-state index contributed by atoms with van der Waals surface area (Å²) >= 11 is 5.85. The standard InChI is InChI=1S/C10H13ClN6OS/c1-7(6-19(2)18)13-9-14-8(11)15-10(16-9)17-5-3-4-12-17/h3-5,7H,6H2,1-2H3,(H,13,14,15,16). The van der Waals surface area contributed by atoms with Crippen LogP contribution in [0.3, 0.4) is 0 Å². The molecule has 0 radical (unpaired) electrons. The quantitative estimate of drug-likeness (QED) is 0.882. The fourth-order valence-corrected chi connectivity index (χ4v) is 2.45. The first-order chi connectivity index (χ1) is 9.04. The van der Waals surface area contributed by atoms with Gasteiger partial charge in [0.25, 0.3) is 5.95 Å². The van der Waals surface area contributed by atoms with Gasteiger partial charge in [0, 0.05) is 41.2 Å². The van der Waals surface area contributed by atoms with Crippen LogP contribution in [0, 0.1) is 0 Å². The van der Waals surface area contributed by atoms with Crippen LogP contribution in [0.1, 0.15) is 6.92 Å². The molecule has 19 heavy (non-hydrogen) atoms. The molecule has 0 saturated heterocycles. The lowest BCUT2D eigenvalue weighted by molar-refractivity contribution is 0.682. The molecular weight excluding hydrogens is 288 g/mol. The number of nitrogens with one attached hydrogen (secondary N) is 1. The minimum absolute atomic E-state index is 0.0326. The second-order valence-corrected chi connectivity index (χ2v) is 5.78. The summed E-state index contributed by atoms with van der Waals surface area (Å²) in [5.41, 5.74) is 0. The summed E-state index contributed by atoms with van der Waals surface area (Å²) in [6, 6.07) is 1.72. The third-order valence-electron chi connectivity index (χ3n) is 2.17. The summed E-state index contributed by atoms with van der Waals surface area (Å²) < 4.78 is 12.6. The molecule has 0 aliphatic heterocycles. The molecule has 7 nitrogen and oxygen atoms in total. The number of rotatable bonds is 5. The lowest BCUT2D eigenvalue weighted by Gasteiger charge is -2.12. The maximum absolute atomic E-state index is 11.1. The van der Waals surface area contributed by atoms with Crippen LogP contribution in [0.5, 0.6) is 0 Å². The number of hydrogen-bond donors (Lipinski definition) is 1. The van der Waals surface area contributed by atoms with E-state index < -0.39 is 10.8 Å². The van der Waals surface area contributed by atoms with Gasteiger partial charge in [0.05, 0.1) is 0 Å². The highest BCUT2D eigenvalue weighted by Crippen LogP contribution is 2.10. The Morgan fingerprint density at radius 3 is 2.89 bits per heavy atom. The number of halogens is 1. The van der Waals surface area contributed by atoms with E-state index in [1.165, 1.54) is 4.68 Å². The molecule has 2 unspecified atom stereocenters. The zero-order valence-electron chi connectivity index (χ0n) is 10.4. The second-order valence-electron chi connectivity index (χ2n) is 3.96. The zero-order chi connectivity index (χ0) is 13.8. The van der Waals surface area contributed by atoms with Crippen molar-refractivity contribution in [2.45, 2.75) is 13.0 Å². The largest absolute Gasteiger partial charge is 0.351 e. The fraction of sp³-hybridized carbons (Fsp3) is 0.400. The van der Waals surface area contributed by atoms with Gasteiger partial charge in [-0.2, -0.15) is 20.1 Å². The number of anilines is 1. The van der Waals surface area contributed by atoms with Gasteiger partial charge in [0.1, 0.15) is 0 Å². The summed E-state index contributed by atoms with van der Waals surface area (Å²) in [5.74, 6) is 1.17. The Balaban J connectivity index is 2.20. The third-order valence-corrected chi connectivity index (χ3v) is 3.30. The van der Waals surface area contributed by atoms with Crippen LogP contribution in [0.15, 0.2) is 18.5 Å². The van der Waals surface area contributed by atoms with E-state index in [1.54, 1.807) is 24.7 Å². The summed E-state index contributed by atoms with van der Waals surface area (Å²) in [4.78, 5) is 12.2. The average Bonchev–Trinajstić information content (AvgIpc) is 2.79. The second kappa shape index (κ2) is 6.07. The lowest BCUT2D eigenvalue weighted by Crippen LogP contribution is -2.24. The van der Waals surface area contributed by atoms with E-state index in [2.05, 4.69) is 25.4 Å². The van der Waals surface area contributed by atoms with Crippen molar-refractivity contribution in [3.8, 4) is 5.95 Å². The molecule has 2 aromatic heterocycles. The first-order valence-corrected chi connectivity index (χ1v) is 7.63. The van der Waals surface area contributed by atoms with Crippen molar-refractivity contribution in [3.63, 3.8) is 0 Å². The first-order valence-electron chi connectivity index (χ1n) is 5.53. The van der Waals surface area contributed by atoms with E-state index in [0.717, 1.165) is 0 Å². The summed E-state index contributed by atoms with van der Waals surface area (Å²) in [5, 5.41) is 7.14. The van der Waals surface area contributed by atoms with Gasteiger partial charge in [0.15, 0.2) is 0 Å². The van der Waals surface area contributed by atoms with E-state index >= 15 is 0 Å². The van der Waals surface area contributed by atoms with Gasteiger partial charge in [-0.3, -0.25) is 4.21 Å². The van der Waals surface area contributed by atoms with Crippen molar-refractivity contribution in [2.24, 2.45) is 0 Å². The first kappa shape index (κ1) is 13.9. The Kier molecular flexibility index (Phi) is 4.43. The van der Waals surface area contributed by atoms with Crippen molar-refractivity contribution in [3.05, 3.63) is 23.7 Å². The van der Waals surface area contributed by atoms with Gasteiger partial charge < -0.3 is 5.32 Å². The molecule has 0 spiro atoms. The maximum atomic E-state index is 11.1. The van der Waals surface area contributed by atoms with Crippen LogP contribution in [-0.4, -0.2) is 47.0 Å². The van der Waals surface area contributed by atoms with Gasteiger partial charge >= 0.3 is 0 Å². The van der Waals surface area contributed by atoms with E-state index in [0.29, 0.717) is 17.6 Å². The van der Waals surface area contributed by atoms with E-state index in [1.807, 2.05) is 6.92 Å². The van der Waals surface area contributed by atoms with Crippen molar-refractivity contribution >= 4 is 28.3 Å². The monoisotopic (exact) mass is 300 g/mol. The molecule has 2 atom stereocenters. The van der Waals surface area contributed by atoms with Crippen LogP contribution in [0.2, 0.25) is 5.28 Å². The highest BCUT2D eigenvalue weighted by molar-refractivity contribution is 7.84. The third kappa shape index (κ3) is 3.97. The topological polar surface area (TPSA) is 85.6 Å². The van der Waals surface area contributed by atoms with Crippen LogP contribution in [0.25, 0.3) is 5.95 Å². The minimum atomic E-state index is -0.894. The number of hydrogen-bond acceptors (Lipinski definition) is 6. The number of nitrogens with zero attached hydrogens (tertiary/aromatic N) is 5. The summed E-state index contributed by atoms with van der Waals surface area (Å²) in [6.07, 6.45) is 4.97. The lowest BCUT2D eigenvalue weighted by atomic mass is 10.4. The smallest absolute Gasteiger partial charge is 0.256 e. The maximum Gasteiger partial charge on any atom is 0.256 e. The molecule has 0 bridgehead atoms. The normalized spacial score (nSPS) is 14.1. The minimum Gasteiger partial charge on any atom is -0.351 e. The Hall–Kier alpha value is -1.54. The SMILES string of the molecule is CC(CS(C)=O)Nc1nc(Cl)nc(-n2cccn2)n1. The Morgan fingerprint density at radius 1 is 1.47 bits per heavy atom. The molecule has 0 amide bonds. The van der Waals surface area contributed by atoms with E-state index in [4.69, 9.17) is 11.6 Å². The molecular formula is C10H13ClN6OS. The van der Waals surface area contributed by atoms with Crippen molar-refractivity contribution in [1.29, 1.82) is 0 Å². The molecule has 2 aromatic rings. The van der Waals surface area contributed by atoms with Crippen LogP contribution >= 0.6 is 11.6 Å². The predicted octanol–water partition coefficient (Wildman–Crippen LogP) is 0.890.